The molecular weight excluding hydrogens is 373 g/mol. The van der Waals surface area contributed by atoms with Gasteiger partial charge in [-0.2, -0.15) is 0 Å². The monoisotopic (exact) mass is 393 g/mol. The van der Waals surface area contributed by atoms with Crippen LogP contribution in [0.15, 0.2) is 60.7 Å². The van der Waals surface area contributed by atoms with Crippen molar-refractivity contribution < 1.29 is 33.3 Å². The van der Waals surface area contributed by atoms with Gasteiger partial charge in [0.25, 0.3) is 0 Å². The van der Waals surface area contributed by atoms with Crippen LogP contribution in [-0.2, 0) is 10.2 Å². The normalized spacial score (nSPS) is 16.0. The summed E-state index contributed by atoms with van der Waals surface area (Å²) < 4.78 is 8.09. The van der Waals surface area contributed by atoms with E-state index in [1.807, 2.05) is 0 Å². The van der Waals surface area contributed by atoms with Gasteiger partial charge in [-0.25, -0.2) is 4.58 Å². The van der Waals surface area contributed by atoms with Crippen molar-refractivity contribution in [2.75, 3.05) is 20.7 Å². The van der Waals surface area contributed by atoms with Gasteiger partial charge < -0.3 is 28.7 Å². The highest BCUT2D eigenvalue weighted by atomic mass is 127. The Labute approximate surface area is 143 Å². The fourth-order valence-corrected chi connectivity index (χ4v) is 3.19. The second-order valence-corrected chi connectivity index (χ2v) is 5.44. The molecule has 1 heterocycles. The van der Waals surface area contributed by atoms with Gasteiger partial charge in [-0.05, 0) is 11.1 Å². The van der Waals surface area contributed by atoms with Crippen LogP contribution >= 0.6 is 0 Å². The molecule has 0 N–H and O–H groups in total. The second-order valence-electron chi connectivity index (χ2n) is 5.44. The van der Waals surface area contributed by atoms with Gasteiger partial charge in [0, 0.05) is 6.42 Å². The number of nitrogens with zero attached hydrogens (tertiary/aromatic N) is 1. The Morgan fingerprint density at radius 1 is 0.857 bits per heavy atom. The van der Waals surface area contributed by atoms with Crippen LogP contribution in [0, 0.1) is 0 Å². The summed E-state index contributed by atoms with van der Waals surface area (Å²) in [7, 11) is 4.11. The van der Waals surface area contributed by atoms with E-state index in [0.29, 0.717) is 0 Å². The summed E-state index contributed by atoms with van der Waals surface area (Å²) in [6.07, 6.45) is 0.981. The first-order valence-electron chi connectivity index (χ1n) is 7.04. The first-order valence-corrected chi connectivity index (χ1v) is 7.04. The van der Waals surface area contributed by atoms with Crippen molar-refractivity contribution in [3.63, 3.8) is 0 Å². The highest BCUT2D eigenvalue weighted by molar-refractivity contribution is 5.90. The predicted molar refractivity (Wildman–Crippen MR) is 81.3 cm³/mol. The lowest BCUT2D eigenvalue weighted by atomic mass is 9.73. The lowest BCUT2D eigenvalue weighted by Gasteiger charge is -2.26. The molecule has 0 aliphatic carbocycles. The molecule has 0 spiro atoms. The molecule has 1 aliphatic heterocycles. The molecule has 0 radical (unpaired) electrons. The summed E-state index contributed by atoms with van der Waals surface area (Å²) in [4.78, 5) is 0. The van der Waals surface area contributed by atoms with Crippen LogP contribution in [0.5, 0.6) is 0 Å². The molecule has 0 atom stereocenters. The van der Waals surface area contributed by atoms with E-state index in [0.717, 1.165) is 18.9 Å². The third-order valence-electron chi connectivity index (χ3n) is 4.02. The fourth-order valence-electron chi connectivity index (χ4n) is 3.19. The molecule has 2 aromatic rings. The van der Waals surface area contributed by atoms with E-state index in [2.05, 4.69) is 79.3 Å². The Morgan fingerprint density at radius 3 is 1.76 bits per heavy atom. The van der Waals surface area contributed by atoms with Gasteiger partial charge in [0.1, 0.15) is 19.5 Å². The average molecular weight is 393 g/mol. The summed E-state index contributed by atoms with van der Waals surface area (Å²) >= 11 is 0. The predicted octanol–water partition coefficient (Wildman–Crippen LogP) is 0.0676. The molecule has 21 heavy (non-hydrogen) atoms. The highest BCUT2D eigenvalue weighted by Gasteiger charge is 2.50. The van der Waals surface area contributed by atoms with Crippen molar-refractivity contribution in [3.05, 3.63) is 71.8 Å². The molecule has 1 saturated heterocycles. The van der Waals surface area contributed by atoms with Crippen LogP contribution < -0.4 is 24.0 Å². The Balaban J connectivity index is 0.00000161. The zero-order valence-electron chi connectivity index (χ0n) is 12.4. The minimum Gasteiger partial charge on any atom is -1.00 e. The van der Waals surface area contributed by atoms with Crippen molar-refractivity contribution in [2.24, 2.45) is 0 Å². The second kappa shape index (κ2) is 6.60. The van der Waals surface area contributed by atoms with Crippen LogP contribution in [0.2, 0.25) is 0 Å². The number of halogens is 1. The standard InChI is InChI=1S/C18H20NO.HI/c1-19(2)17-18(13-14-20-17,15-9-5-3-6-10-15)16-11-7-4-8-12-16;/h3-12H,13-14H2,1-2H3;1H/q+1;/p-1. The van der Waals surface area contributed by atoms with Gasteiger partial charge in [-0.1, -0.05) is 60.7 Å². The van der Waals surface area contributed by atoms with E-state index in [1.165, 1.54) is 11.1 Å². The van der Waals surface area contributed by atoms with Crippen molar-refractivity contribution >= 4 is 5.90 Å². The van der Waals surface area contributed by atoms with E-state index in [1.54, 1.807) is 0 Å². The lowest BCUT2D eigenvalue weighted by molar-refractivity contribution is -0.476. The zero-order chi connectivity index (χ0) is 14.0. The quantitative estimate of drug-likeness (QED) is 0.520. The molecular formula is C18H20INO. The molecule has 0 saturated carbocycles. The van der Waals surface area contributed by atoms with Crippen LogP contribution in [0.3, 0.4) is 0 Å². The van der Waals surface area contributed by atoms with Gasteiger partial charge in [-0.3, -0.25) is 0 Å². The molecule has 2 aromatic carbocycles. The Morgan fingerprint density at radius 2 is 1.33 bits per heavy atom. The SMILES string of the molecule is C[N+](C)=C1OCCC1(c1ccccc1)c1ccccc1.[I-]. The Hall–Kier alpha value is -1.36. The first kappa shape index (κ1) is 16.0. The molecule has 2 nitrogen and oxygen atoms in total. The molecule has 110 valence electrons. The van der Waals surface area contributed by atoms with Crippen molar-refractivity contribution in [2.45, 2.75) is 11.8 Å². The maximum Gasteiger partial charge on any atom is 0.351 e. The average Bonchev–Trinajstić information content (AvgIpc) is 2.95. The third-order valence-corrected chi connectivity index (χ3v) is 4.02. The fraction of sp³-hybridized carbons (Fsp3) is 0.278. The van der Waals surface area contributed by atoms with E-state index >= 15 is 0 Å². The smallest absolute Gasteiger partial charge is 0.351 e. The first-order chi connectivity index (χ1) is 9.75. The van der Waals surface area contributed by atoms with E-state index in [9.17, 15) is 0 Å². The molecule has 1 fully saturated rings. The van der Waals surface area contributed by atoms with Crippen LogP contribution in [0.4, 0.5) is 0 Å². The largest absolute Gasteiger partial charge is 1.00 e. The minimum atomic E-state index is -0.161. The molecule has 0 amide bonds. The summed E-state index contributed by atoms with van der Waals surface area (Å²) in [6, 6.07) is 21.3. The van der Waals surface area contributed by atoms with Crippen LogP contribution in [0.1, 0.15) is 17.5 Å². The summed E-state index contributed by atoms with van der Waals surface area (Å²) in [5.41, 5.74) is 2.44. The molecule has 1 aliphatic rings. The summed E-state index contributed by atoms with van der Waals surface area (Å²) in [5, 5.41) is 0. The number of ether oxygens (including phenoxy) is 1. The van der Waals surface area contributed by atoms with Crippen molar-refractivity contribution in [3.8, 4) is 0 Å². The highest BCUT2D eigenvalue weighted by Crippen LogP contribution is 2.41. The number of rotatable bonds is 2. The Kier molecular flexibility index (Phi) is 5.04. The van der Waals surface area contributed by atoms with Gasteiger partial charge in [0.2, 0.25) is 0 Å². The molecule has 0 aromatic heterocycles. The zero-order valence-corrected chi connectivity index (χ0v) is 14.6. The molecule has 3 rings (SSSR count). The lowest BCUT2D eigenvalue weighted by Crippen LogP contribution is -3.00. The van der Waals surface area contributed by atoms with Crippen LogP contribution in [-0.4, -0.2) is 31.2 Å². The van der Waals surface area contributed by atoms with E-state index in [-0.39, 0.29) is 29.4 Å². The Bertz CT molecular complexity index is 579. The maximum atomic E-state index is 5.98. The van der Waals surface area contributed by atoms with E-state index < -0.39 is 0 Å². The maximum absolute atomic E-state index is 5.98. The van der Waals surface area contributed by atoms with Crippen LogP contribution in [0.25, 0.3) is 0 Å². The number of benzene rings is 2. The molecule has 0 unspecified atom stereocenters. The van der Waals surface area contributed by atoms with Gasteiger partial charge in [-0.15, -0.1) is 0 Å². The minimum absolute atomic E-state index is 0. The van der Waals surface area contributed by atoms with E-state index in [4.69, 9.17) is 4.74 Å². The topological polar surface area (TPSA) is 12.2 Å². The molecule has 0 bridgehead atoms. The van der Waals surface area contributed by atoms with Gasteiger partial charge in [0.05, 0.1) is 6.61 Å². The summed E-state index contributed by atoms with van der Waals surface area (Å²) in [5.74, 6) is 1.04. The van der Waals surface area contributed by atoms with Gasteiger partial charge in [0.15, 0.2) is 0 Å². The van der Waals surface area contributed by atoms with Crippen molar-refractivity contribution in [1.29, 1.82) is 0 Å². The third kappa shape index (κ3) is 2.71. The number of hydrogen-bond acceptors (Lipinski definition) is 1. The number of hydrogen-bond donors (Lipinski definition) is 0. The van der Waals surface area contributed by atoms with Crippen molar-refractivity contribution in [1.82, 2.24) is 0 Å². The summed E-state index contributed by atoms with van der Waals surface area (Å²) in [6.45, 7) is 0.761. The molecule has 3 heteroatoms. The van der Waals surface area contributed by atoms with Gasteiger partial charge >= 0.3 is 5.90 Å².